The highest BCUT2D eigenvalue weighted by Crippen LogP contribution is 2.11. The number of aliphatic hydroxyl groups excluding tert-OH is 1. The van der Waals surface area contributed by atoms with Crippen molar-refractivity contribution < 1.29 is 5.11 Å². The molecular formula is C12H21N3O. The zero-order valence-corrected chi connectivity index (χ0v) is 10.1. The van der Waals surface area contributed by atoms with E-state index in [1.54, 1.807) is 18.6 Å². The molecule has 0 aliphatic carbocycles. The molecule has 0 aromatic carbocycles. The highest BCUT2D eigenvalue weighted by molar-refractivity contribution is 4.95. The molecule has 0 aliphatic heterocycles. The Hall–Kier alpha value is -1.00. The van der Waals surface area contributed by atoms with E-state index in [0.717, 1.165) is 25.1 Å². The second-order valence-electron chi connectivity index (χ2n) is 3.86. The van der Waals surface area contributed by atoms with E-state index in [2.05, 4.69) is 28.7 Å². The maximum Gasteiger partial charge on any atom is 0.0726 e. The summed E-state index contributed by atoms with van der Waals surface area (Å²) < 4.78 is 0. The number of nitrogens with zero attached hydrogens (tertiary/aromatic N) is 3. The molecule has 0 unspecified atom stereocenters. The van der Waals surface area contributed by atoms with Crippen LogP contribution in [0.15, 0.2) is 18.6 Å². The average Bonchev–Trinajstić information content (AvgIpc) is 2.32. The molecule has 0 spiro atoms. The highest BCUT2D eigenvalue weighted by atomic mass is 16.3. The van der Waals surface area contributed by atoms with Gasteiger partial charge < -0.3 is 5.11 Å². The molecule has 1 N–H and O–H groups in total. The molecule has 0 amide bonds. The van der Waals surface area contributed by atoms with Gasteiger partial charge in [-0.1, -0.05) is 13.8 Å². The Morgan fingerprint density at radius 2 is 2.06 bits per heavy atom. The first kappa shape index (κ1) is 13.1. The van der Waals surface area contributed by atoms with Crippen LogP contribution in [0.5, 0.6) is 0 Å². The van der Waals surface area contributed by atoms with Crippen molar-refractivity contribution >= 4 is 0 Å². The van der Waals surface area contributed by atoms with Crippen LogP contribution in [0.25, 0.3) is 0 Å². The maximum atomic E-state index is 9.08. The van der Waals surface area contributed by atoms with Gasteiger partial charge in [-0.15, -0.1) is 0 Å². The Labute approximate surface area is 97.3 Å². The molecule has 4 nitrogen and oxygen atoms in total. The van der Waals surface area contributed by atoms with Crippen molar-refractivity contribution in [2.24, 2.45) is 0 Å². The molecule has 0 radical (unpaired) electrons. The fraction of sp³-hybridized carbons (Fsp3) is 0.667. The van der Waals surface area contributed by atoms with Crippen molar-refractivity contribution in [3.05, 3.63) is 24.3 Å². The van der Waals surface area contributed by atoms with Gasteiger partial charge in [0.2, 0.25) is 0 Å². The van der Waals surface area contributed by atoms with Gasteiger partial charge >= 0.3 is 0 Å². The summed E-state index contributed by atoms with van der Waals surface area (Å²) in [5, 5.41) is 9.08. The van der Waals surface area contributed by atoms with Crippen LogP contribution < -0.4 is 0 Å². The van der Waals surface area contributed by atoms with E-state index in [-0.39, 0.29) is 6.61 Å². The molecule has 1 rings (SSSR count). The van der Waals surface area contributed by atoms with E-state index in [4.69, 9.17) is 5.11 Å². The SMILES string of the molecule is CCC(CC)N(CCO)Cc1cnccn1. The molecule has 1 aromatic heterocycles. The normalized spacial score (nSPS) is 11.3. The van der Waals surface area contributed by atoms with E-state index < -0.39 is 0 Å². The van der Waals surface area contributed by atoms with Gasteiger partial charge in [0, 0.05) is 37.7 Å². The van der Waals surface area contributed by atoms with Crippen molar-refractivity contribution in [2.45, 2.75) is 39.3 Å². The Morgan fingerprint density at radius 1 is 1.31 bits per heavy atom. The topological polar surface area (TPSA) is 49.2 Å². The fourth-order valence-corrected chi connectivity index (χ4v) is 1.94. The van der Waals surface area contributed by atoms with Crippen LogP contribution in [-0.2, 0) is 6.54 Å². The van der Waals surface area contributed by atoms with Crippen LogP contribution in [0.2, 0.25) is 0 Å². The van der Waals surface area contributed by atoms with Crippen molar-refractivity contribution in [1.82, 2.24) is 14.9 Å². The average molecular weight is 223 g/mol. The zero-order chi connectivity index (χ0) is 11.8. The van der Waals surface area contributed by atoms with Crippen molar-refractivity contribution in [3.63, 3.8) is 0 Å². The van der Waals surface area contributed by atoms with Gasteiger partial charge in [-0.3, -0.25) is 14.9 Å². The fourth-order valence-electron chi connectivity index (χ4n) is 1.94. The third-order valence-electron chi connectivity index (χ3n) is 2.83. The van der Waals surface area contributed by atoms with Crippen molar-refractivity contribution in [3.8, 4) is 0 Å². The van der Waals surface area contributed by atoms with Crippen molar-refractivity contribution in [1.29, 1.82) is 0 Å². The standard InChI is InChI=1S/C12H21N3O/c1-3-12(4-2)15(7-8-16)10-11-9-13-5-6-14-11/h5-6,9,12,16H,3-4,7-8,10H2,1-2H3. The van der Waals surface area contributed by atoms with E-state index in [1.165, 1.54) is 0 Å². The molecule has 0 saturated carbocycles. The van der Waals surface area contributed by atoms with E-state index >= 15 is 0 Å². The summed E-state index contributed by atoms with van der Waals surface area (Å²) in [4.78, 5) is 10.6. The van der Waals surface area contributed by atoms with Crippen LogP contribution in [-0.4, -0.2) is 39.2 Å². The smallest absolute Gasteiger partial charge is 0.0726 e. The molecule has 0 saturated heterocycles. The lowest BCUT2D eigenvalue weighted by atomic mass is 10.1. The molecule has 90 valence electrons. The van der Waals surface area contributed by atoms with Gasteiger partial charge in [0.1, 0.15) is 0 Å². The number of rotatable bonds is 7. The monoisotopic (exact) mass is 223 g/mol. The minimum atomic E-state index is 0.191. The summed E-state index contributed by atoms with van der Waals surface area (Å²) in [6.45, 7) is 6.00. The first-order valence-corrected chi connectivity index (χ1v) is 5.91. The molecule has 0 bridgehead atoms. The largest absolute Gasteiger partial charge is 0.395 e. The van der Waals surface area contributed by atoms with Gasteiger partial charge in [-0.05, 0) is 12.8 Å². The second kappa shape index (κ2) is 7.30. The van der Waals surface area contributed by atoms with Crippen LogP contribution in [0.1, 0.15) is 32.4 Å². The molecule has 1 heterocycles. The number of aromatic nitrogens is 2. The predicted octanol–water partition coefficient (Wildman–Crippen LogP) is 1.46. The molecular weight excluding hydrogens is 202 g/mol. The third kappa shape index (κ3) is 3.87. The van der Waals surface area contributed by atoms with E-state index in [0.29, 0.717) is 12.6 Å². The summed E-state index contributed by atoms with van der Waals surface area (Å²) >= 11 is 0. The Balaban J connectivity index is 2.63. The number of hydrogen-bond donors (Lipinski definition) is 1. The molecule has 16 heavy (non-hydrogen) atoms. The van der Waals surface area contributed by atoms with Gasteiger partial charge in [0.15, 0.2) is 0 Å². The minimum Gasteiger partial charge on any atom is -0.395 e. The number of hydrogen-bond acceptors (Lipinski definition) is 4. The van der Waals surface area contributed by atoms with Crippen LogP contribution in [0.4, 0.5) is 0 Å². The Kier molecular flexibility index (Phi) is 5.96. The first-order chi connectivity index (χ1) is 7.81. The van der Waals surface area contributed by atoms with E-state index in [1.807, 2.05) is 0 Å². The van der Waals surface area contributed by atoms with Gasteiger partial charge in [-0.2, -0.15) is 0 Å². The number of aliphatic hydroxyl groups is 1. The summed E-state index contributed by atoms with van der Waals surface area (Å²) in [6.07, 6.45) is 7.36. The van der Waals surface area contributed by atoms with Gasteiger partial charge in [-0.25, -0.2) is 0 Å². The molecule has 4 heteroatoms. The lowest BCUT2D eigenvalue weighted by Gasteiger charge is -2.29. The summed E-state index contributed by atoms with van der Waals surface area (Å²) in [5.41, 5.74) is 0.961. The second-order valence-corrected chi connectivity index (χ2v) is 3.86. The third-order valence-corrected chi connectivity index (χ3v) is 2.83. The van der Waals surface area contributed by atoms with Crippen LogP contribution in [0, 0.1) is 0 Å². The molecule has 0 aliphatic rings. The first-order valence-electron chi connectivity index (χ1n) is 5.91. The van der Waals surface area contributed by atoms with Gasteiger partial charge in [0.05, 0.1) is 12.3 Å². The zero-order valence-electron chi connectivity index (χ0n) is 10.1. The quantitative estimate of drug-likeness (QED) is 0.760. The minimum absolute atomic E-state index is 0.191. The Morgan fingerprint density at radius 3 is 2.56 bits per heavy atom. The van der Waals surface area contributed by atoms with Crippen LogP contribution >= 0.6 is 0 Å². The molecule has 0 atom stereocenters. The van der Waals surface area contributed by atoms with E-state index in [9.17, 15) is 0 Å². The maximum absolute atomic E-state index is 9.08. The Bertz CT molecular complexity index is 275. The van der Waals surface area contributed by atoms with Crippen molar-refractivity contribution in [2.75, 3.05) is 13.2 Å². The predicted molar refractivity (Wildman–Crippen MR) is 63.9 cm³/mol. The highest BCUT2D eigenvalue weighted by Gasteiger charge is 2.15. The van der Waals surface area contributed by atoms with Gasteiger partial charge in [0.25, 0.3) is 0 Å². The summed E-state index contributed by atoms with van der Waals surface area (Å²) in [7, 11) is 0. The lowest BCUT2D eigenvalue weighted by molar-refractivity contribution is 0.135. The molecule has 1 aromatic rings. The van der Waals surface area contributed by atoms with Crippen LogP contribution in [0.3, 0.4) is 0 Å². The summed E-state index contributed by atoms with van der Waals surface area (Å²) in [6, 6.07) is 0.508. The molecule has 0 fully saturated rings. The summed E-state index contributed by atoms with van der Waals surface area (Å²) in [5.74, 6) is 0. The lowest BCUT2D eigenvalue weighted by Crippen LogP contribution is -2.36.